The van der Waals surface area contributed by atoms with Crippen molar-refractivity contribution < 1.29 is 4.74 Å². The largest absolute Gasteiger partial charge is 0.496 e. The molecule has 0 atom stereocenters. The maximum atomic E-state index is 9.24. The molecule has 0 N–H and O–H groups in total. The number of ether oxygens (including phenoxy) is 1. The van der Waals surface area contributed by atoms with Crippen LogP contribution in [-0.2, 0) is 0 Å². The molecule has 0 bridgehead atoms. The van der Waals surface area contributed by atoms with Crippen molar-refractivity contribution in [3.63, 3.8) is 0 Å². The van der Waals surface area contributed by atoms with Gasteiger partial charge in [0, 0.05) is 25.9 Å². The van der Waals surface area contributed by atoms with E-state index in [9.17, 15) is 5.26 Å². The molecule has 20 heavy (non-hydrogen) atoms. The first kappa shape index (κ1) is 13.9. The fraction of sp³-hybridized carbons (Fsp3) is 0.250. The second kappa shape index (κ2) is 5.62. The van der Waals surface area contributed by atoms with Crippen LogP contribution < -0.4 is 9.64 Å². The summed E-state index contributed by atoms with van der Waals surface area (Å²) in [4.78, 5) is 6.20. The smallest absolute Gasteiger partial charge is 0.146 e. The van der Waals surface area contributed by atoms with Gasteiger partial charge in [0.25, 0.3) is 0 Å². The summed E-state index contributed by atoms with van der Waals surface area (Å²) in [6, 6.07) is 9.99. The monoisotopic (exact) mass is 267 g/mol. The molecule has 0 aliphatic heterocycles. The topological polar surface area (TPSA) is 49.1 Å². The lowest BCUT2D eigenvalue weighted by atomic mass is 10.0. The molecular weight excluding hydrogens is 250 g/mol. The first-order valence-corrected chi connectivity index (χ1v) is 6.29. The number of aromatic nitrogens is 1. The van der Waals surface area contributed by atoms with Gasteiger partial charge in [0.1, 0.15) is 17.6 Å². The molecule has 4 heteroatoms. The van der Waals surface area contributed by atoms with E-state index in [1.54, 1.807) is 13.3 Å². The number of nitrogens with zero attached hydrogens (tertiary/aromatic N) is 3. The maximum Gasteiger partial charge on any atom is 0.146 e. The molecule has 2 aromatic rings. The fourth-order valence-corrected chi connectivity index (χ4v) is 2.11. The van der Waals surface area contributed by atoms with E-state index in [1.807, 2.05) is 50.2 Å². The summed E-state index contributed by atoms with van der Waals surface area (Å²) in [5.41, 5.74) is 3.58. The highest BCUT2D eigenvalue weighted by molar-refractivity contribution is 5.69. The first-order valence-electron chi connectivity index (χ1n) is 6.29. The Morgan fingerprint density at radius 1 is 1.20 bits per heavy atom. The second-order valence-corrected chi connectivity index (χ2v) is 4.79. The fourth-order valence-electron chi connectivity index (χ4n) is 2.11. The van der Waals surface area contributed by atoms with E-state index in [1.165, 1.54) is 0 Å². The first-order chi connectivity index (χ1) is 9.56. The zero-order valence-electron chi connectivity index (χ0n) is 12.1. The zero-order chi connectivity index (χ0) is 14.7. The van der Waals surface area contributed by atoms with Crippen LogP contribution in [0.3, 0.4) is 0 Å². The lowest BCUT2D eigenvalue weighted by Crippen LogP contribution is -2.12. The quantitative estimate of drug-likeness (QED) is 0.857. The van der Waals surface area contributed by atoms with Crippen LogP contribution in [-0.4, -0.2) is 26.2 Å². The molecular formula is C16H17N3O. The molecule has 0 amide bonds. The lowest BCUT2D eigenvalue weighted by Gasteiger charge is -2.14. The summed E-state index contributed by atoms with van der Waals surface area (Å²) in [6.45, 7) is 2.00. The molecule has 0 aliphatic rings. The van der Waals surface area contributed by atoms with Crippen LogP contribution in [0.2, 0.25) is 0 Å². The van der Waals surface area contributed by atoms with E-state index >= 15 is 0 Å². The molecule has 0 radical (unpaired) electrons. The van der Waals surface area contributed by atoms with Gasteiger partial charge in [0.05, 0.1) is 12.7 Å². The van der Waals surface area contributed by atoms with Crippen molar-refractivity contribution in [3.8, 4) is 22.9 Å². The molecule has 0 aliphatic carbocycles. The van der Waals surface area contributed by atoms with E-state index in [0.29, 0.717) is 11.4 Å². The van der Waals surface area contributed by atoms with Crippen molar-refractivity contribution in [2.45, 2.75) is 6.92 Å². The predicted molar refractivity (Wildman–Crippen MR) is 80.0 cm³/mol. The third kappa shape index (κ3) is 2.57. The van der Waals surface area contributed by atoms with Crippen LogP contribution in [0.5, 0.6) is 5.75 Å². The number of benzene rings is 1. The van der Waals surface area contributed by atoms with Gasteiger partial charge in [0.15, 0.2) is 0 Å². The number of nitriles is 1. The van der Waals surface area contributed by atoms with Gasteiger partial charge in [-0.1, -0.05) is 6.07 Å². The summed E-state index contributed by atoms with van der Waals surface area (Å²) < 4.78 is 5.26. The molecule has 1 aromatic carbocycles. The summed E-state index contributed by atoms with van der Waals surface area (Å²) in [5.74, 6) is 1.54. The van der Waals surface area contributed by atoms with Gasteiger partial charge < -0.3 is 9.64 Å². The standard InChI is InChI=1S/C16H17N3O/c1-11-7-12(5-6-15(11)20-4)14-8-13(9-17)16(18-10-14)19(2)3/h5-8,10H,1-4H3. The van der Waals surface area contributed by atoms with Crippen molar-refractivity contribution in [1.82, 2.24) is 4.98 Å². The van der Waals surface area contributed by atoms with Gasteiger partial charge in [-0.25, -0.2) is 4.98 Å². The van der Waals surface area contributed by atoms with Crippen molar-refractivity contribution in [2.24, 2.45) is 0 Å². The van der Waals surface area contributed by atoms with Crippen LogP contribution in [0, 0.1) is 18.3 Å². The number of aryl methyl sites for hydroxylation is 1. The Morgan fingerprint density at radius 3 is 2.50 bits per heavy atom. The average molecular weight is 267 g/mol. The molecule has 0 spiro atoms. The molecule has 0 saturated heterocycles. The van der Waals surface area contributed by atoms with E-state index < -0.39 is 0 Å². The molecule has 0 unspecified atom stereocenters. The van der Waals surface area contributed by atoms with Crippen LogP contribution >= 0.6 is 0 Å². The predicted octanol–water partition coefficient (Wildman–Crippen LogP) is 3.00. The summed E-state index contributed by atoms with van der Waals surface area (Å²) in [7, 11) is 5.41. The van der Waals surface area contributed by atoms with E-state index in [4.69, 9.17) is 4.74 Å². The second-order valence-electron chi connectivity index (χ2n) is 4.79. The zero-order valence-corrected chi connectivity index (χ0v) is 12.1. The van der Waals surface area contributed by atoms with Crippen LogP contribution in [0.15, 0.2) is 30.5 Å². The third-order valence-electron chi connectivity index (χ3n) is 3.14. The molecule has 0 saturated carbocycles. The Balaban J connectivity index is 2.49. The minimum Gasteiger partial charge on any atom is -0.496 e. The summed E-state index contributed by atoms with van der Waals surface area (Å²) >= 11 is 0. The average Bonchev–Trinajstić information content (AvgIpc) is 2.46. The van der Waals surface area contributed by atoms with Crippen molar-refractivity contribution in [3.05, 3.63) is 41.6 Å². The Morgan fingerprint density at radius 2 is 1.95 bits per heavy atom. The molecule has 1 heterocycles. The highest BCUT2D eigenvalue weighted by Crippen LogP contribution is 2.28. The number of hydrogen-bond donors (Lipinski definition) is 0. The van der Waals surface area contributed by atoms with Gasteiger partial charge in [-0.2, -0.15) is 5.26 Å². The lowest BCUT2D eigenvalue weighted by molar-refractivity contribution is 0.412. The molecule has 2 rings (SSSR count). The third-order valence-corrected chi connectivity index (χ3v) is 3.14. The van der Waals surface area contributed by atoms with Gasteiger partial charge in [0.2, 0.25) is 0 Å². The summed E-state index contributed by atoms with van der Waals surface area (Å²) in [6.07, 6.45) is 1.79. The Kier molecular flexibility index (Phi) is 3.90. The van der Waals surface area contributed by atoms with E-state index in [2.05, 4.69) is 11.1 Å². The number of methoxy groups -OCH3 is 1. The van der Waals surface area contributed by atoms with Crippen molar-refractivity contribution >= 4 is 5.82 Å². The normalized spacial score (nSPS) is 9.95. The SMILES string of the molecule is COc1ccc(-c2cnc(N(C)C)c(C#N)c2)cc1C. The number of anilines is 1. The highest BCUT2D eigenvalue weighted by atomic mass is 16.5. The Bertz CT molecular complexity index is 672. The van der Waals surface area contributed by atoms with Crippen LogP contribution in [0.1, 0.15) is 11.1 Å². The highest BCUT2D eigenvalue weighted by Gasteiger charge is 2.09. The molecule has 102 valence electrons. The number of rotatable bonds is 3. The summed E-state index contributed by atoms with van der Waals surface area (Å²) in [5, 5.41) is 9.24. The minimum atomic E-state index is 0.570. The Labute approximate surface area is 119 Å². The van der Waals surface area contributed by atoms with Gasteiger partial charge >= 0.3 is 0 Å². The van der Waals surface area contributed by atoms with Crippen molar-refractivity contribution in [2.75, 3.05) is 26.1 Å². The molecule has 0 fully saturated rings. The van der Waals surface area contributed by atoms with E-state index in [-0.39, 0.29) is 0 Å². The number of pyridine rings is 1. The van der Waals surface area contributed by atoms with Gasteiger partial charge in [-0.3, -0.25) is 0 Å². The van der Waals surface area contributed by atoms with E-state index in [0.717, 1.165) is 22.4 Å². The van der Waals surface area contributed by atoms with Crippen LogP contribution in [0.25, 0.3) is 11.1 Å². The Hall–Kier alpha value is -2.54. The van der Waals surface area contributed by atoms with Crippen molar-refractivity contribution in [1.29, 1.82) is 5.26 Å². The van der Waals surface area contributed by atoms with Gasteiger partial charge in [-0.05, 0) is 36.2 Å². The maximum absolute atomic E-state index is 9.24. The van der Waals surface area contributed by atoms with Crippen LogP contribution in [0.4, 0.5) is 5.82 Å². The number of hydrogen-bond acceptors (Lipinski definition) is 4. The van der Waals surface area contributed by atoms with Gasteiger partial charge in [-0.15, -0.1) is 0 Å². The minimum absolute atomic E-state index is 0.570. The molecule has 4 nitrogen and oxygen atoms in total. The molecule has 1 aromatic heterocycles.